The van der Waals surface area contributed by atoms with Crippen molar-refractivity contribution in [1.82, 2.24) is 20.0 Å². The molecule has 6 nitrogen and oxygen atoms in total. The number of nitrogens with one attached hydrogen (secondary N) is 1. The molecule has 0 atom stereocenters. The maximum absolute atomic E-state index is 12.4. The molecule has 1 saturated carbocycles. The number of piperazine rings is 1. The maximum atomic E-state index is 12.4. The van der Waals surface area contributed by atoms with Gasteiger partial charge in [0.25, 0.3) is 0 Å². The molecule has 0 radical (unpaired) electrons. The van der Waals surface area contributed by atoms with Crippen molar-refractivity contribution >= 4 is 35.8 Å². The van der Waals surface area contributed by atoms with Gasteiger partial charge in [-0.25, -0.2) is 0 Å². The molecule has 3 rings (SSSR count). The third-order valence-corrected chi connectivity index (χ3v) is 5.57. The van der Waals surface area contributed by atoms with E-state index in [9.17, 15) is 4.79 Å². The number of guanidine groups is 1. The van der Waals surface area contributed by atoms with Crippen LogP contribution in [0.5, 0.6) is 0 Å². The second-order valence-corrected chi connectivity index (χ2v) is 7.67. The van der Waals surface area contributed by atoms with E-state index in [1.165, 1.54) is 38.5 Å². The smallest absolute Gasteiger partial charge is 0.236 e. The van der Waals surface area contributed by atoms with E-state index in [0.29, 0.717) is 12.5 Å². The lowest BCUT2D eigenvalue weighted by Crippen LogP contribution is -2.54. The van der Waals surface area contributed by atoms with Crippen molar-refractivity contribution < 1.29 is 4.79 Å². The summed E-state index contributed by atoms with van der Waals surface area (Å²) in [4.78, 5) is 24.0. The van der Waals surface area contributed by atoms with Gasteiger partial charge in [-0.15, -0.1) is 24.0 Å². The molecule has 3 fully saturated rings. The number of nitrogens with zero attached hydrogens (tertiary/aromatic N) is 4. The Hall–Kier alpha value is -0.570. The summed E-state index contributed by atoms with van der Waals surface area (Å²) in [5, 5.41) is 3.44. The van der Waals surface area contributed by atoms with Gasteiger partial charge in [0.15, 0.2) is 5.96 Å². The zero-order valence-corrected chi connectivity index (χ0v) is 18.6. The monoisotopic (exact) mass is 477 g/mol. The van der Waals surface area contributed by atoms with Gasteiger partial charge < -0.3 is 15.1 Å². The standard InChI is InChI=1S/C19H35N5O.HI/c1-2-20-19(21-9-8-17-6-7-17)24-14-12-22(13-15-24)16-18(25)23-10-4-3-5-11-23;/h17H,2-16H2,1H3,(H,20,21);1H. The van der Waals surface area contributed by atoms with Gasteiger partial charge in [0.05, 0.1) is 6.54 Å². The highest BCUT2D eigenvalue weighted by Crippen LogP contribution is 2.32. The molecule has 2 saturated heterocycles. The van der Waals surface area contributed by atoms with Gasteiger partial charge in [-0.3, -0.25) is 14.7 Å². The van der Waals surface area contributed by atoms with Crippen molar-refractivity contribution in [3.63, 3.8) is 0 Å². The van der Waals surface area contributed by atoms with Crippen LogP contribution in [0.4, 0.5) is 0 Å². The minimum atomic E-state index is 0. The Bertz CT molecular complexity index is 455. The number of piperidine rings is 1. The van der Waals surface area contributed by atoms with E-state index < -0.39 is 0 Å². The Morgan fingerprint density at radius 3 is 2.31 bits per heavy atom. The summed E-state index contributed by atoms with van der Waals surface area (Å²) in [7, 11) is 0. The van der Waals surface area contributed by atoms with Gasteiger partial charge in [0, 0.05) is 52.4 Å². The van der Waals surface area contributed by atoms with Crippen LogP contribution >= 0.6 is 24.0 Å². The molecule has 0 aromatic carbocycles. The molecule has 0 bridgehead atoms. The minimum absolute atomic E-state index is 0. The Kier molecular flexibility index (Phi) is 9.45. The fourth-order valence-electron chi connectivity index (χ4n) is 3.74. The topological polar surface area (TPSA) is 51.2 Å². The first-order valence-electron chi connectivity index (χ1n) is 10.3. The molecule has 0 spiro atoms. The second kappa shape index (κ2) is 11.3. The van der Waals surface area contributed by atoms with Crippen LogP contribution in [0.3, 0.4) is 0 Å². The first kappa shape index (κ1) is 21.7. The summed E-state index contributed by atoms with van der Waals surface area (Å²) in [6.45, 7) is 10.3. The lowest BCUT2D eigenvalue weighted by Gasteiger charge is -2.37. The average Bonchev–Trinajstić information content (AvgIpc) is 3.47. The van der Waals surface area contributed by atoms with Gasteiger partial charge in [-0.05, 0) is 38.5 Å². The number of hydrogen-bond donors (Lipinski definition) is 1. The Labute approximate surface area is 175 Å². The first-order valence-corrected chi connectivity index (χ1v) is 10.3. The lowest BCUT2D eigenvalue weighted by molar-refractivity contribution is -0.133. The van der Waals surface area contributed by atoms with E-state index in [2.05, 4.69) is 26.9 Å². The van der Waals surface area contributed by atoms with Crippen molar-refractivity contribution in [2.45, 2.75) is 45.4 Å². The molecular weight excluding hydrogens is 441 g/mol. The van der Waals surface area contributed by atoms with Crippen LogP contribution in [0.15, 0.2) is 4.99 Å². The van der Waals surface area contributed by atoms with Gasteiger partial charge in [-0.1, -0.05) is 12.8 Å². The van der Waals surface area contributed by atoms with Crippen LogP contribution in [0.25, 0.3) is 0 Å². The number of likely N-dealkylation sites (tertiary alicyclic amines) is 1. The fraction of sp³-hybridized carbons (Fsp3) is 0.895. The van der Waals surface area contributed by atoms with Crippen LogP contribution in [-0.4, -0.2) is 85.5 Å². The Morgan fingerprint density at radius 2 is 1.69 bits per heavy atom. The summed E-state index contributed by atoms with van der Waals surface area (Å²) in [6, 6.07) is 0. The van der Waals surface area contributed by atoms with Crippen molar-refractivity contribution in [2.75, 3.05) is 58.9 Å². The molecule has 0 aromatic heterocycles. The van der Waals surface area contributed by atoms with Crippen LogP contribution in [0, 0.1) is 5.92 Å². The first-order chi connectivity index (χ1) is 12.3. The summed E-state index contributed by atoms with van der Waals surface area (Å²) >= 11 is 0. The number of halogens is 1. The number of hydrogen-bond acceptors (Lipinski definition) is 3. The molecule has 2 heterocycles. The third kappa shape index (κ3) is 6.87. The van der Waals surface area contributed by atoms with E-state index in [0.717, 1.165) is 64.2 Å². The number of amides is 1. The summed E-state index contributed by atoms with van der Waals surface area (Å²) < 4.78 is 0. The second-order valence-electron chi connectivity index (χ2n) is 7.67. The Morgan fingerprint density at radius 1 is 1.00 bits per heavy atom. The number of rotatable bonds is 6. The summed E-state index contributed by atoms with van der Waals surface area (Å²) in [6.07, 6.45) is 7.65. The highest BCUT2D eigenvalue weighted by molar-refractivity contribution is 14.0. The molecule has 3 aliphatic rings. The quantitative estimate of drug-likeness (QED) is 0.361. The molecule has 1 aliphatic carbocycles. The van der Waals surface area contributed by atoms with E-state index in [-0.39, 0.29) is 24.0 Å². The number of carbonyl (C=O) groups excluding carboxylic acids is 1. The van der Waals surface area contributed by atoms with Crippen molar-refractivity contribution in [3.8, 4) is 0 Å². The van der Waals surface area contributed by atoms with Gasteiger partial charge >= 0.3 is 0 Å². The van der Waals surface area contributed by atoms with Crippen LogP contribution in [-0.2, 0) is 4.79 Å². The highest BCUT2D eigenvalue weighted by atomic mass is 127. The van der Waals surface area contributed by atoms with Gasteiger partial charge in [0.2, 0.25) is 5.91 Å². The summed E-state index contributed by atoms with van der Waals surface area (Å²) in [5.74, 6) is 2.31. The normalized spacial score (nSPS) is 22.1. The number of aliphatic imine (C=N–C) groups is 1. The van der Waals surface area contributed by atoms with E-state index >= 15 is 0 Å². The SMILES string of the molecule is CCNC(=NCCC1CC1)N1CCN(CC(=O)N2CCCCC2)CC1.I. The molecule has 2 aliphatic heterocycles. The van der Waals surface area contributed by atoms with Crippen LogP contribution in [0.2, 0.25) is 0 Å². The molecule has 150 valence electrons. The minimum Gasteiger partial charge on any atom is -0.357 e. The lowest BCUT2D eigenvalue weighted by atomic mass is 10.1. The van der Waals surface area contributed by atoms with E-state index in [1.54, 1.807) is 0 Å². The largest absolute Gasteiger partial charge is 0.357 e. The predicted octanol–water partition coefficient (Wildman–Crippen LogP) is 2.00. The molecule has 1 N–H and O–H groups in total. The van der Waals surface area contributed by atoms with Crippen molar-refractivity contribution in [2.24, 2.45) is 10.9 Å². The average molecular weight is 477 g/mol. The predicted molar refractivity (Wildman–Crippen MR) is 117 cm³/mol. The molecule has 26 heavy (non-hydrogen) atoms. The third-order valence-electron chi connectivity index (χ3n) is 5.57. The van der Waals surface area contributed by atoms with Gasteiger partial charge in [0.1, 0.15) is 0 Å². The molecular formula is C19H36IN5O. The highest BCUT2D eigenvalue weighted by Gasteiger charge is 2.24. The molecule has 7 heteroatoms. The fourth-order valence-corrected chi connectivity index (χ4v) is 3.74. The number of carbonyl (C=O) groups is 1. The van der Waals surface area contributed by atoms with Crippen LogP contribution in [0.1, 0.15) is 45.4 Å². The van der Waals surface area contributed by atoms with Crippen molar-refractivity contribution in [3.05, 3.63) is 0 Å². The van der Waals surface area contributed by atoms with Gasteiger partial charge in [-0.2, -0.15) is 0 Å². The van der Waals surface area contributed by atoms with Crippen molar-refractivity contribution in [1.29, 1.82) is 0 Å². The molecule has 0 aromatic rings. The summed E-state index contributed by atoms with van der Waals surface area (Å²) in [5.41, 5.74) is 0. The van der Waals surface area contributed by atoms with Crippen LogP contribution < -0.4 is 5.32 Å². The Balaban J connectivity index is 0.00000243. The zero-order valence-electron chi connectivity index (χ0n) is 16.3. The zero-order chi connectivity index (χ0) is 17.5. The molecule has 1 amide bonds. The van der Waals surface area contributed by atoms with E-state index in [1.807, 2.05) is 0 Å². The molecule has 0 unspecified atom stereocenters. The van der Waals surface area contributed by atoms with E-state index in [4.69, 9.17) is 4.99 Å². The maximum Gasteiger partial charge on any atom is 0.236 e.